The molecule has 0 amide bonds. The van der Waals surface area contributed by atoms with Gasteiger partial charge >= 0.3 is 0 Å². The second kappa shape index (κ2) is 15.0. The lowest BCUT2D eigenvalue weighted by atomic mass is 10.0. The van der Waals surface area contributed by atoms with Crippen molar-refractivity contribution in [2.75, 3.05) is 59.2 Å². The van der Waals surface area contributed by atoms with E-state index in [1.165, 1.54) is 11.1 Å². The predicted octanol–water partition coefficient (Wildman–Crippen LogP) is 2.97. The molecule has 2 rings (SSSR count). The zero-order chi connectivity index (χ0) is 19.3. The van der Waals surface area contributed by atoms with Gasteiger partial charge in [0.2, 0.25) is 0 Å². The zero-order valence-electron chi connectivity index (χ0n) is 17.6. The molecule has 7 heteroatoms. The topological polar surface area (TPSA) is 58.1 Å². The molecule has 6 nitrogen and oxygen atoms in total. The van der Waals surface area contributed by atoms with Crippen molar-refractivity contribution in [3.8, 4) is 0 Å². The molecule has 0 spiro atoms. The van der Waals surface area contributed by atoms with Crippen LogP contribution in [0.3, 0.4) is 0 Å². The largest absolute Gasteiger partial charge is 0.382 e. The van der Waals surface area contributed by atoms with Crippen LogP contribution in [-0.2, 0) is 9.47 Å². The highest BCUT2D eigenvalue weighted by Gasteiger charge is 2.22. The fourth-order valence-electron chi connectivity index (χ4n) is 3.24. The fraction of sp³-hybridized carbons (Fsp3) is 0.667. The number of aliphatic imine (C=N–C) groups is 1. The molecular weight excluding hydrogens is 467 g/mol. The maximum Gasteiger partial charge on any atom is 0.191 e. The number of nitrogens with one attached hydrogen (secondary N) is 2. The van der Waals surface area contributed by atoms with Crippen LogP contribution in [0, 0.1) is 6.92 Å². The molecule has 1 aliphatic rings. The van der Waals surface area contributed by atoms with Gasteiger partial charge in [-0.05, 0) is 32.8 Å². The molecule has 160 valence electrons. The van der Waals surface area contributed by atoms with Gasteiger partial charge in [-0.15, -0.1) is 24.0 Å². The number of benzene rings is 1. The number of aryl methyl sites for hydroxylation is 1. The number of rotatable bonds is 10. The van der Waals surface area contributed by atoms with E-state index in [0.29, 0.717) is 0 Å². The molecule has 28 heavy (non-hydrogen) atoms. The molecule has 1 fully saturated rings. The minimum absolute atomic E-state index is 0. The lowest BCUT2D eigenvalue weighted by molar-refractivity contribution is 0.0179. The van der Waals surface area contributed by atoms with E-state index in [-0.39, 0.29) is 30.0 Å². The number of nitrogens with zero attached hydrogens (tertiary/aromatic N) is 2. The van der Waals surface area contributed by atoms with Gasteiger partial charge in [0.05, 0.1) is 25.8 Å². The third-order valence-electron chi connectivity index (χ3n) is 4.64. The van der Waals surface area contributed by atoms with Gasteiger partial charge in [0, 0.05) is 39.4 Å². The third-order valence-corrected chi connectivity index (χ3v) is 4.64. The van der Waals surface area contributed by atoms with E-state index >= 15 is 0 Å². The zero-order valence-corrected chi connectivity index (χ0v) is 19.9. The van der Waals surface area contributed by atoms with Crippen molar-refractivity contribution in [1.82, 2.24) is 15.5 Å². The van der Waals surface area contributed by atoms with Crippen LogP contribution >= 0.6 is 24.0 Å². The normalized spacial score (nSPS) is 16.3. The summed E-state index contributed by atoms with van der Waals surface area (Å²) in [4.78, 5) is 7.37. The Morgan fingerprint density at radius 3 is 2.71 bits per heavy atom. The van der Waals surface area contributed by atoms with Crippen LogP contribution in [0.15, 0.2) is 29.3 Å². The van der Waals surface area contributed by atoms with E-state index in [2.05, 4.69) is 53.6 Å². The van der Waals surface area contributed by atoms with Crippen molar-refractivity contribution in [3.63, 3.8) is 0 Å². The average Bonchev–Trinajstić information content (AvgIpc) is 2.69. The van der Waals surface area contributed by atoms with Gasteiger partial charge in [-0.1, -0.05) is 29.8 Å². The van der Waals surface area contributed by atoms with Gasteiger partial charge in [0.25, 0.3) is 0 Å². The molecule has 1 saturated heterocycles. The Morgan fingerprint density at radius 2 is 2.04 bits per heavy atom. The second-order valence-corrected chi connectivity index (χ2v) is 6.78. The lowest BCUT2D eigenvalue weighted by Gasteiger charge is -2.34. The van der Waals surface area contributed by atoms with E-state index in [1.807, 2.05) is 6.92 Å². The second-order valence-electron chi connectivity index (χ2n) is 6.78. The molecule has 1 heterocycles. The van der Waals surface area contributed by atoms with Crippen LogP contribution < -0.4 is 10.6 Å². The van der Waals surface area contributed by atoms with Crippen LogP contribution in [0.5, 0.6) is 0 Å². The highest BCUT2D eigenvalue weighted by atomic mass is 127. The Morgan fingerprint density at radius 1 is 1.25 bits per heavy atom. The van der Waals surface area contributed by atoms with Crippen molar-refractivity contribution in [3.05, 3.63) is 35.4 Å². The molecule has 0 bridgehead atoms. The molecule has 1 unspecified atom stereocenters. The van der Waals surface area contributed by atoms with Crippen LogP contribution in [0.1, 0.15) is 37.4 Å². The van der Waals surface area contributed by atoms with Crippen LogP contribution in [0.4, 0.5) is 0 Å². The number of hydrogen-bond acceptors (Lipinski definition) is 4. The SMILES string of the molecule is CCNC(=NCC(c1cccc(C)c1)N1CCOCC1)NCCCOCC.I. The highest BCUT2D eigenvalue weighted by Crippen LogP contribution is 2.23. The van der Waals surface area contributed by atoms with Crippen molar-refractivity contribution in [2.45, 2.75) is 33.2 Å². The molecule has 0 radical (unpaired) electrons. The predicted molar refractivity (Wildman–Crippen MR) is 127 cm³/mol. The molecule has 1 atom stereocenters. The summed E-state index contributed by atoms with van der Waals surface area (Å²) >= 11 is 0. The summed E-state index contributed by atoms with van der Waals surface area (Å²) < 4.78 is 10.9. The Hall–Kier alpha value is -0.900. The minimum atomic E-state index is 0. The van der Waals surface area contributed by atoms with Gasteiger partial charge < -0.3 is 20.1 Å². The monoisotopic (exact) mass is 504 g/mol. The maximum absolute atomic E-state index is 5.54. The molecule has 0 aromatic heterocycles. The molecule has 2 N–H and O–H groups in total. The summed E-state index contributed by atoms with van der Waals surface area (Å²) in [6.07, 6.45) is 0.975. The van der Waals surface area contributed by atoms with E-state index in [9.17, 15) is 0 Å². The highest BCUT2D eigenvalue weighted by molar-refractivity contribution is 14.0. The van der Waals surface area contributed by atoms with Crippen LogP contribution in [0.25, 0.3) is 0 Å². The van der Waals surface area contributed by atoms with Gasteiger partial charge in [-0.25, -0.2) is 0 Å². The summed E-state index contributed by atoms with van der Waals surface area (Å²) in [5, 5.41) is 6.77. The van der Waals surface area contributed by atoms with Crippen molar-refractivity contribution < 1.29 is 9.47 Å². The molecule has 1 aromatic carbocycles. The smallest absolute Gasteiger partial charge is 0.191 e. The summed E-state index contributed by atoms with van der Waals surface area (Å²) in [5.41, 5.74) is 2.61. The summed E-state index contributed by atoms with van der Waals surface area (Å²) in [6.45, 7) is 13.7. The van der Waals surface area contributed by atoms with E-state index in [4.69, 9.17) is 14.5 Å². The van der Waals surface area contributed by atoms with Gasteiger partial charge in [-0.3, -0.25) is 9.89 Å². The Bertz CT molecular complexity index is 565. The Kier molecular flexibility index (Phi) is 13.5. The van der Waals surface area contributed by atoms with Crippen LogP contribution in [-0.4, -0.2) is 70.0 Å². The van der Waals surface area contributed by atoms with Gasteiger partial charge in [0.1, 0.15) is 0 Å². The number of hydrogen-bond donors (Lipinski definition) is 2. The number of morpholine rings is 1. The molecule has 1 aromatic rings. The standard InChI is InChI=1S/C21H36N4O2.HI/c1-4-22-21(23-10-7-13-26-5-2)24-17-20(25-11-14-27-15-12-25)19-9-6-8-18(3)16-19;/h6,8-9,16,20H,4-5,7,10-15,17H2,1-3H3,(H2,22,23,24);1H. The van der Waals surface area contributed by atoms with E-state index in [0.717, 1.165) is 71.5 Å². The molecule has 0 saturated carbocycles. The van der Waals surface area contributed by atoms with Crippen molar-refractivity contribution >= 4 is 29.9 Å². The Labute approximate surface area is 187 Å². The number of ether oxygens (including phenoxy) is 2. The quantitative estimate of drug-likeness (QED) is 0.222. The van der Waals surface area contributed by atoms with Gasteiger partial charge in [-0.2, -0.15) is 0 Å². The number of halogens is 1. The third kappa shape index (κ3) is 9.07. The van der Waals surface area contributed by atoms with E-state index < -0.39 is 0 Å². The number of guanidine groups is 1. The first-order valence-corrected chi connectivity index (χ1v) is 10.2. The first kappa shape index (κ1) is 25.1. The fourth-order valence-corrected chi connectivity index (χ4v) is 3.24. The summed E-state index contributed by atoms with van der Waals surface area (Å²) in [6, 6.07) is 9.04. The molecule has 0 aliphatic carbocycles. The van der Waals surface area contributed by atoms with E-state index in [1.54, 1.807) is 0 Å². The average molecular weight is 504 g/mol. The molecule has 1 aliphatic heterocycles. The van der Waals surface area contributed by atoms with Crippen LogP contribution in [0.2, 0.25) is 0 Å². The van der Waals surface area contributed by atoms with Gasteiger partial charge in [0.15, 0.2) is 5.96 Å². The van der Waals surface area contributed by atoms with Crippen molar-refractivity contribution in [2.24, 2.45) is 4.99 Å². The maximum atomic E-state index is 5.54. The Balaban J connectivity index is 0.00000392. The summed E-state index contributed by atoms with van der Waals surface area (Å²) in [5.74, 6) is 0.875. The minimum Gasteiger partial charge on any atom is -0.382 e. The summed E-state index contributed by atoms with van der Waals surface area (Å²) in [7, 11) is 0. The van der Waals surface area contributed by atoms with Crippen molar-refractivity contribution in [1.29, 1.82) is 0 Å². The first-order valence-electron chi connectivity index (χ1n) is 10.2. The lowest BCUT2D eigenvalue weighted by Crippen LogP contribution is -2.42. The first-order chi connectivity index (χ1) is 13.2. The molecular formula is C21H37IN4O2.